The van der Waals surface area contributed by atoms with E-state index < -0.39 is 0 Å². The quantitative estimate of drug-likeness (QED) is 0.861. The highest BCUT2D eigenvalue weighted by Crippen LogP contribution is 2.23. The molecule has 116 valence electrons. The summed E-state index contributed by atoms with van der Waals surface area (Å²) in [5.41, 5.74) is 2.30. The second kappa shape index (κ2) is 6.87. The topological polar surface area (TPSA) is 58.2 Å². The number of methoxy groups -OCH3 is 1. The van der Waals surface area contributed by atoms with Gasteiger partial charge in [0.25, 0.3) is 0 Å². The number of nitrogens with one attached hydrogen (secondary N) is 1. The number of aromatic nitrogens is 2. The molecular formula is C16H19N3O2S. The fourth-order valence-corrected chi connectivity index (χ4v) is 3.36. The molecule has 3 rings (SSSR count). The number of rotatable bonds is 5. The van der Waals surface area contributed by atoms with Crippen molar-refractivity contribution in [3.05, 3.63) is 41.7 Å². The molecule has 0 spiro atoms. The molecule has 0 saturated heterocycles. The van der Waals surface area contributed by atoms with Crippen molar-refractivity contribution in [3.8, 4) is 5.75 Å². The number of hydrogen-bond donors (Lipinski definition) is 1. The van der Waals surface area contributed by atoms with Crippen molar-refractivity contribution >= 4 is 17.7 Å². The van der Waals surface area contributed by atoms with Gasteiger partial charge in [-0.15, -0.1) is 11.8 Å². The minimum absolute atomic E-state index is 0.216. The maximum Gasteiger partial charge on any atom is 0.223 e. The zero-order chi connectivity index (χ0) is 15.4. The Kier molecular flexibility index (Phi) is 4.68. The number of aromatic amines is 1. The molecule has 0 aliphatic carbocycles. The van der Waals surface area contributed by atoms with Crippen LogP contribution >= 0.6 is 11.8 Å². The van der Waals surface area contributed by atoms with E-state index in [4.69, 9.17) is 4.74 Å². The van der Waals surface area contributed by atoms with Crippen LogP contribution in [0.1, 0.15) is 17.7 Å². The maximum absolute atomic E-state index is 12.3. The van der Waals surface area contributed by atoms with Crippen molar-refractivity contribution < 1.29 is 9.53 Å². The first-order valence-corrected chi connectivity index (χ1v) is 8.30. The molecule has 0 fully saturated rings. The molecule has 0 unspecified atom stereocenters. The summed E-state index contributed by atoms with van der Waals surface area (Å²) in [7, 11) is 1.66. The van der Waals surface area contributed by atoms with Gasteiger partial charge in [0.15, 0.2) is 0 Å². The number of carbonyl (C=O) groups excluding carboxylic acids is 1. The average Bonchev–Trinajstić information content (AvgIpc) is 3.03. The highest BCUT2D eigenvalue weighted by molar-refractivity contribution is 7.99. The van der Waals surface area contributed by atoms with Crippen LogP contribution in [0.3, 0.4) is 0 Å². The molecule has 6 heteroatoms. The lowest BCUT2D eigenvalue weighted by Crippen LogP contribution is -2.35. The Morgan fingerprint density at radius 2 is 2.23 bits per heavy atom. The molecule has 1 aliphatic rings. The van der Waals surface area contributed by atoms with Gasteiger partial charge in [-0.2, -0.15) is 5.10 Å². The average molecular weight is 317 g/mol. The Labute approximate surface area is 134 Å². The Hall–Kier alpha value is -1.95. The van der Waals surface area contributed by atoms with Crippen LogP contribution in [-0.2, 0) is 17.8 Å². The smallest absolute Gasteiger partial charge is 0.223 e. The molecule has 1 aliphatic heterocycles. The molecule has 5 nitrogen and oxygen atoms in total. The highest BCUT2D eigenvalue weighted by Gasteiger charge is 2.21. The van der Waals surface area contributed by atoms with Crippen molar-refractivity contribution in [2.75, 3.05) is 19.4 Å². The lowest BCUT2D eigenvalue weighted by Gasteiger charge is -2.26. The van der Waals surface area contributed by atoms with Crippen LogP contribution in [0.25, 0.3) is 0 Å². The highest BCUT2D eigenvalue weighted by atomic mass is 32.2. The summed E-state index contributed by atoms with van der Waals surface area (Å²) in [6, 6.07) is 7.92. The monoisotopic (exact) mass is 317 g/mol. The Bertz CT molecular complexity index is 639. The van der Waals surface area contributed by atoms with Crippen LogP contribution < -0.4 is 4.74 Å². The number of amides is 1. The van der Waals surface area contributed by atoms with Crippen molar-refractivity contribution in [2.24, 2.45) is 0 Å². The van der Waals surface area contributed by atoms with Gasteiger partial charge < -0.3 is 9.64 Å². The molecular weight excluding hydrogens is 298 g/mol. The second-order valence-corrected chi connectivity index (χ2v) is 6.38. The molecule has 1 aromatic heterocycles. The van der Waals surface area contributed by atoms with Crippen molar-refractivity contribution in [1.29, 1.82) is 0 Å². The molecule has 0 radical (unpaired) electrons. The van der Waals surface area contributed by atoms with Gasteiger partial charge in [0.2, 0.25) is 5.91 Å². The van der Waals surface area contributed by atoms with Gasteiger partial charge in [-0.1, -0.05) is 0 Å². The number of thioether (sulfide) groups is 1. The number of nitrogens with zero attached hydrogens (tertiary/aromatic N) is 2. The lowest BCUT2D eigenvalue weighted by molar-refractivity contribution is -0.131. The fourth-order valence-electron chi connectivity index (χ4n) is 2.52. The molecule has 1 N–H and O–H groups in total. The zero-order valence-corrected chi connectivity index (χ0v) is 13.4. The fraction of sp³-hybridized carbons (Fsp3) is 0.375. The number of benzene rings is 1. The predicted molar refractivity (Wildman–Crippen MR) is 86.0 cm³/mol. The summed E-state index contributed by atoms with van der Waals surface area (Å²) < 4.78 is 5.14. The number of fused-ring (bicyclic) bond motifs is 1. The van der Waals surface area contributed by atoms with Crippen LogP contribution in [0, 0.1) is 0 Å². The molecule has 1 amide bonds. The van der Waals surface area contributed by atoms with Gasteiger partial charge >= 0.3 is 0 Å². The van der Waals surface area contributed by atoms with Crippen LogP contribution in [-0.4, -0.2) is 40.4 Å². The number of ether oxygens (including phenoxy) is 1. The Morgan fingerprint density at radius 3 is 3.00 bits per heavy atom. The van der Waals surface area contributed by atoms with E-state index in [1.54, 1.807) is 18.9 Å². The molecule has 0 atom stereocenters. The number of hydrogen-bond acceptors (Lipinski definition) is 4. The van der Waals surface area contributed by atoms with E-state index in [0.717, 1.165) is 40.6 Å². The van der Waals surface area contributed by atoms with Crippen molar-refractivity contribution in [1.82, 2.24) is 15.1 Å². The normalized spacial score (nSPS) is 13.8. The van der Waals surface area contributed by atoms with E-state index in [-0.39, 0.29) is 5.91 Å². The van der Waals surface area contributed by atoms with E-state index in [0.29, 0.717) is 13.0 Å². The maximum atomic E-state index is 12.3. The van der Waals surface area contributed by atoms with Crippen molar-refractivity contribution in [3.63, 3.8) is 0 Å². The SMILES string of the molecule is COc1ccc(SCCC(=O)N2CCc3[nH]ncc3C2)cc1. The summed E-state index contributed by atoms with van der Waals surface area (Å²) in [4.78, 5) is 15.4. The summed E-state index contributed by atoms with van der Waals surface area (Å²) in [6.45, 7) is 1.46. The van der Waals surface area contributed by atoms with E-state index in [1.807, 2.05) is 35.4 Å². The third-order valence-corrected chi connectivity index (χ3v) is 4.81. The largest absolute Gasteiger partial charge is 0.497 e. The molecule has 0 bridgehead atoms. The molecule has 2 aromatic rings. The first kappa shape index (κ1) is 15.0. The number of H-pyrrole nitrogens is 1. The summed E-state index contributed by atoms with van der Waals surface area (Å²) in [5.74, 6) is 1.86. The van der Waals surface area contributed by atoms with Gasteiger partial charge in [0.05, 0.1) is 13.3 Å². The first-order valence-electron chi connectivity index (χ1n) is 7.32. The Balaban J connectivity index is 1.46. The Morgan fingerprint density at radius 1 is 1.41 bits per heavy atom. The van der Waals surface area contributed by atoms with E-state index >= 15 is 0 Å². The molecule has 22 heavy (non-hydrogen) atoms. The predicted octanol–water partition coefficient (Wildman–Crippen LogP) is 2.49. The van der Waals surface area contributed by atoms with Crippen LogP contribution in [0.2, 0.25) is 0 Å². The summed E-state index contributed by atoms with van der Waals surface area (Å²) >= 11 is 1.70. The van der Waals surface area contributed by atoms with Crippen LogP contribution in [0.5, 0.6) is 5.75 Å². The first-order chi connectivity index (χ1) is 10.8. The number of carbonyl (C=O) groups is 1. The lowest BCUT2D eigenvalue weighted by atomic mass is 10.1. The third kappa shape index (κ3) is 3.44. The van der Waals surface area contributed by atoms with Gasteiger partial charge in [-0.3, -0.25) is 9.89 Å². The second-order valence-electron chi connectivity index (χ2n) is 5.21. The summed E-state index contributed by atoms with van der Waals surface area (Å²) in [5, 5.41) is 7.02. The summed E-state index contributed by atoms with van der Waals surface area (Å²) in [6.07, 6.45) is 3.25. The van der Waals surface area contributed by atoms with Crippen molar-refractivity contribution in [2.45, 2.75) is 24.3 Å². The zero-order valence-electron chi connectivity index (χ0n) is 12.5. The van der Waals surface area contributed by atoms with Gasteiger partial charge in [0, 0.05) is 47.8 Å². The standard InChI is InChI=1S/C16H19N3O2S/c1-21-13-2-4-14(5-3-13)22-9-7-16(20)19-8-6-15-12(11-19)10-17-18-15/h2-5,10H,6-9,11H2,1H3,(H,17,18). The van der Waals surface area contributed by atoms with E-state index in [2.05, 4.69) is 10.2 Å². The van der Waals surface area contributed by atoms with Gasteiger partial charge in [-0.25, -0.2) is 0 Å². The van der Waals surface area contributed by atoms with Gasteiger partial charge in [-0.05, 0) is 24.3 Å². The molecule has 1 aromatic carbocycles. The van der Waals surface area contributed by atoms with E-state index in [1.165, 1.54) is 0 Å². The molecule has 0 saturated carbocycles. The minimum Gasteiger partial charge on any atom is -0.497 e. The third-order valence-electron chi connectivity index (χ3n) is 3.80. The minimum atomic E-state index is 0.216. The van der Waals surface area contributed by atoms with E-state index in [9.17, 15) is 4.79 Å². The van der Waals surface area contributed by atoms with Gasteiger partial charge in [0.1, 0.15) is 5.75 Å². The molecule has 2 heterocycles. The van der Waals surface area contributed by atoms with Crippen LogP contribution in [0.15, 0.2) is 35.4 Å². The van der Waals surface area contributed by atoms with Crippen LogP contribution in [0.4, 0.5) is 0 Å².